The van der Waals surface area contributed by atoms with Gasteiger partial charge in [0.05, 0.1) is 0 Å². The Bertz CT molecular complexity index is 346. The van der Waals surface area contributed by atoms with E-state index in [1.54, 1.807) is 0 Å². The van der Waals surface area contributed by atoms with Crippen LogP contribution in [0.3, 0.4) is 0 Å². The number of hydrogen-bond acceptors (Lipinski definition) is 2. The SMILES string of the molecule is CC[C@]1(C(=O)O)Cc2ccccc2O1. The van der Waals surface area contributed by atoms with E-state index in [9.17, 15) is 4.79 Å². The number of benzene rings is 1. The fourth-order valence-electron chi connectivity index (χ4n) is 1.77. The Morgan fingerprint density at radius 1 is 1.57 bits per heavy atom. The number of rotatable bonds is 2. The van der Waals surface area contributed by atoms with Crippen molar-refractivity contribution in [3.63, 3.8) is 0 Å². The molecule has 0 aliphatic carbocycles. The van der Waals surface area contributed by atoms with Crippen molar-refractivity contribution < 1.29 is 14.6 Å². The van der Waals surface area contributed by atoms with Crippen LogP contribution < -0.4 is 4.74 Å². The fraction of sp³-hybridized carbons (Fsp3) is 0.364. The normalized spacial score (nSPS) is 24.1. The van der Waals surface area contributed by atoms with E-state index >= 15 is 0 Å². The Hall–Kier alpha value is -1.51. The molecule has 1 aromatic carbocycles. The standard InChI is InChI=1S/C11H12O3/c1-2-11(10(12)13)7-8-5-3-4-6-9(8)14-11/h3-6H,2,7H2,1H3,(H,12,13)/t11-/m1/s1. The maximum Gasteiger partial charge on any atom is 0.348 e. The Labute approximate surface area is 82.3 Å². The molecule has 1 aliphatic heterocycles. The summed E-state index contributed by atoms with van der Waals surface area (Å²) in [7, 11) is 0. The first-order chi connectivity index (χ1) is 6.68. The number of aliphatic carboxylic acids is 1. The van der Waals surface area contributed by atoms with E-state index in [0.29, 0.717) is 18.6 Å². The van der Waals surface area contributed by atoms with Crippen molar-refractivity contribution in [2.24, 2.45) is 0 Å². The highest BCUT2D eigenvalue weighted by molar-refractivity contribution is 5.79. The van der Waals surface area contributed by atoms with Crippen molar-refractivity contribution in [1.29, 1.82) is 0 Å². The zero-order valence-corrected chi connectivity index (χ0v) is 7.99. The molecule has 74 valence electrons. The summed E-state index contributed by atoms with van der Waals surface area (Å²) in [6, 6.07) is 7.48. The smallest absolute Gasteiger partial charge is 0.348 e. The summed E-state index contributed by atoms with van der Waals surface area (Å²) < 4.78 is 5.51. The molecule has 0 aromatic heterocycles. The van der Waals surface area contributed by atoms with Crippen molar-refractivity contribution in [3.8, 4) is 5.75 Å². The van der Waals surface area contributed by atoms with E-state index in [0.717, 1.165) is 5.56 Å². The van der Waals surface area contributed by atoms with Gasteiger partial charge in [0.25, 0.3) is 0 Å². The maximum absolute atomic E-state index is 11.1. The zero-order chi connectivity index (χ0) is 10.2. The summed E-state index contributed by atoms with van der Waals surface area (Å²) in [5.74, 6) is -0.173. The average Bonchev–Trinajstić information content (AvgIpc) is 2.57. The lowest BCUT2D eigenvalue weighted by Crippen LogP contribution is -2.42. The van der Waals surface area contributed by atoms with Gasteiger partial charge in [-0.1, -0.05) is 25.1 Å². The van der Waals surface area contributed by atoms with Gasteiger partial charge in [0.2, 0.25) is 5.60 Å². The molecular weight excluding hydrogens is 180 g/mol. The number of fused-ring (bicyclic) bond motifs is 1. The van der Waals surface area contributed by atoms with Crippen molar-refractivity contribution in [2.75, 3.05) is 0 Å². The Kier molecular flexibility index (Phi) is 1.95. The minimum Gasteiger partial charge on any atom is -0.478 e. The predicted octanol–water partition coefficient (Wildman–Crippen LogP) is 1.85. The van der Waals surface area contributed by atoms with E-state index in [1.165, 1.54) is 0 Å². The summed E-state index contributed by atoms with van der Waals surface area (Å²) in [6.07, 6.45) is 0.950. The molecule has 1 atom stereocenters. The molecule has 2 rings (SSSR count). The molecule has 0 spiro atoms. The molecule has 0 fully saturated rings. The monoisotopic (exact) mass is 192 g/mol. The largest absolute Gasteiger partial charge is 0.478 e. The van der Waals surface area contributed by atoms with Crippen LogP contribution in [-0.4, -0.2) is 16.7 Å². The van der Waals surface area contributed by atoms with Crippen LogP contribution in [0.4, 0.5) is 0 Å². The van der Waals surface area contributed by atoms with Gasteiger partial charge in [0, 0.05) is 6.42 Å². The highest BCUT2D eigenvalue weighted by Gasteiger charge is 2.44. The quantitative estimate of drug-likeness (QED) is 0.777. The van der Waals surface area contributed by atoms with Crippen molar-refractivity contribution >= 4 is 5.97 Å². The van der Waals surface area contributed by atoms with E-state index in [2.05, 4.69) is 0 Å². The first kappa shape index (κ1) is 9.06. The van der Waals surface area contributed by atoms with Gasteiger partial charge in [-0.05, 0) is 18.1 Å². The van der Waals surface area contributed by atoms with Gasteiger partial charge in [-0.2, -0.15) is 0 Å². The molecule has 1 heterocycles. The molecule has 0 bridgehead atoms. The number of carboxylic acid groups (broad SMARTS) is 1. The number of ether oxygens (including phenoxy) is 1. The maximum atomic E-state index is 11.1. The third-order valence-electron chi connectivity index (χ3n) is 2.71. The van der Waals surface area contributed by atoms with Crippen LogP contribution in [0.15, 0.2) is 24.3 Å². The molecule has 1 aromatic rings. The summed E-state index contributed by atoms with van der Waals surface area (Å²) in [5, 5.41) is 9.11. The minimum absolute atomic E-state index is 0.467. The van der Waals surface area contributed by atoms with Crippen molar-refractivity contribution in [3.05, 3.63) is 29.8 Å². The van der Waals surface area contributed by atoms with Gasteiger partial charge in [-0.15, -0.1) is 0 Å². The number of carboxylic acids is 1. The van der Waals surface area contributed by atoms with Crippen LogP contribution in [0.5, 0.6) is 5.75 Å². The Morgan fingerprint density at radius 3 is 2.86 bits per heavy atom. The molecule has 3 nitrogen and oxygen atoms in total. The van der Waals surface area contributed by atoms with E-state index in [1.807, 2.05) is 31.2 Å². The number of carbonyl (C=O) groups is 1. The third kappa shape index (κ3) is 1.16. The van der Waals surface area contributed by atoms with Crippen LogP contribution in [0.2, 0.25) is 0 Å². The summed E-state index contributed by atoms with van der Waals surface area (Å²) in [4.78, 5) is 11.1. The topological polar surface area (TPSA) is 46.5 Å². The minimum atomic E-state index is -1.04. The molecule has 14 heavy (non-hydrogen) atoms. The van der Waals surface area contributed by atoms with E-state index < -0.39 is 11.6 Å². The molecule has 1 aliphatic rings. The Morgan fingerprint density at radius 2 is 2.29 bits per heavy atom. The van der Waals surface area contributed by atoms with Gasteiger partial charge in [0.1, 0.15) is 5.75 Å². The summed E-state index contributed by atoms with van der Waals surface area (Å²) in [6.45, 7) is 1.83. The highest BCUT2D eigenvalue weighted by Crippen LogP contribution is 2.36. The second kappa shape index (κ2) is 3.01. The summed E-state index contributed by atoms with van der Waals surface area (Å²) >= 11 is 0. The number of hydrogen-bond donors (Lipinski definition) is 1. The van der Waals surface area contributed by atoms with Crippen LogP contribution in [0.1, 0.15) is 18.9 Å². The highest BCUT2D eigenvalue weighted by atomic mass is 16.5. The summed E-state index contributed by atoms with van der Waals surface area (Å²) in [5.41, 5.74) is -0.0549. The second-order valence-electron chi connectivity index (χ2n) is 3.54. The molecule has 0 unspecified atom stereocenters. The van der Waals surface area contributed by atoms with Gasteiger partial charge in [0.15, 0.2) is 0 Å². The van der Waals surface area contributed by atoms with E-state index in [-0.39, 0.29) is 0 Å². The lowest BCUT2D eigenvalue weighted by atomic mass is 9.95. The molecule has 0 saturated carbocycles. The fourth-order valence-corrected chi connectivity index (χ4v) is 1.77. The average molecular weight is 192 g/mol. The molecule has 0 saturated heterocycles. The lowest BCUT2D eigenvalue weighted by molar-refractivity contribution is -0.153. The molecule has 3 heteroatoms. The van der Waals surface area contributed by atoms with Gasteiger partial charge in [-0.25, -0.2) is 4.79 Å². The second-order valence-corrected chi connectivity index (χ2v) is 3.54. The van der Waals surface area contributed by atoms with Crippen LogP contribution in [0, 0.1) is 0 Å². The molecule has 0 radical (unpaired) electrons. The zero-order valence-electron chi connectivity index (χ0n) is 7.99. The van der Waals surface area contributed by atoms with Crippen LogP contribution >= 0.6 is 0 Å². The lowest BCUT2D eigenvalue weighted by Gasteiger charge is -2.21. The van der Waals surface area contributed by atoms with Gasteiger partial charge >= 0.3 is 5.97 Å². The molecule has 0 amide bonds. The van der Waals surface area contributed by atoms with Gasteiger partial charge < -0.3 is 9.84 Å². The Balaban J connectivity index is 2.37. The number of para-hydroxylation sites is 1. The van der Waals surface area contributed by atoms with Crippen molar-refractivity contribution in [1.82, 2.24) is 0 Å². The predicted molar refractivity (Wildman–Crippen MR) is 51.4 cm³/mol. The first-order valence-corrected chi connectivity index (χ1v) is 4.68. The van der Waals surface area contributed by atoms with Crippen LogP contribution in [0.25, 0.3) is 0 Å². The molecular formula is C11H12O3. The van der Waals surface area contributed by atoms with Crippen molar-refractivity contribution in [2.45, 2.75) is 25.4 Å². The first-order valence-electron chi connectivity index (χ1n) is 4.68. The van der Waals surface area contributed by atoms with Gasteiger partial charge in [-0.3, -0.25) is 0 Å². The van der Waals surface area contributed by atoms with E-state index in [4.69, 9.17) is 9.84 Å². The van der Waals surface area contributed by atoms with Crippen LogP contribution in [-0.2, 0) is 11.2 Å². The molecule has 1 N–H and O–H groups in total. The third-order valence-corrected chi connectivity index (χ3v) is 2.71.